The normalized spacial score (nSPS) is 12.6. The molecule has 5 nitrogen and oxygen atoms in total. The van der Waals surface area contributed by atoms with E-state index in [0.717, 1.165) is 29.9 Å². The number of hydrogen-bond donors (Lipinski definition) is 1. The van der Waals surface area contributed by atoms with E-state index in [0.29, 0.717) is 12.2 Å². The number of aryl methyl sites for hydroxylation is 3. The lowest BCUT2D eigenvalue weighted by molar-refractivity contribution is 0.573. The summed E-state index contributed by atoms with van der Waals surface area (Å²) in [7, 11) is 0. The van der Waals surface area contributed by atoms with Crippen LogP contribution in [0.1, 0.15) is 42.7 Å². The molecule has 0 aliphatic carbocycles. The zero-order valence-corrected chi connectivity index (χ0v) is 11.8. The van der Waals surface area contributed by atoms with E-state index in [1.165, 1.54) is 0 Å². The molecule has 2 N–H and O–H groups in total. The molecule has 2 rings (SSSR count). The lowest BCUT2D eigenvalue weighted by atomic mass is 10.1. The highest BCUT2D eigenvalue weighted by Crippen LogP contribution is 2.14. The highest BCUT2D eigenvalue weighted by molar-refractivity contribution is 5.14. The van der Waals surface area contributed by atoms with Crippen LogP contribution in [-0.4, -0.2) is 19.7 Å². The second-order valence-corrected chi connectivity index (χ2v) is 4.73. The molecule has 5 heteroatoms. The van der Waals surface area contributed by atoms with Crippen LogP contribution in [0, 0.1) is 6.92 Å². The Bertz CT molecular complexity index is 529. The molecule has 2 aromatic rings. The van der Waals surface area contributed by atoms with Crippen LogP contribution in [0.2, 0.25) is 0 Å². The van der Waals surface area contributed by atoms with Crippen LogP contribution in [0.15, 0.2) is 18.5 Å². The maximum Gasteiger partial charge on any atom is 0.145 e. The molecule has 0 spiro atoms. The van der Waals surface area contributed by atoms with Gasteiger partial charge in [0.2, 0.25) is 0 Å². The van der Waals surface area contributed by atoms with Crippen LogP contribution < -0.4 is 5.73 Å². The highest BCUT2D eigenvalue weighted by atomic mass is 15.3. The van der Waals surface area contributed by atoms with Gasteiger partial charge in [-0.05, 0) is 31.9 Å². The summed E-state index contributed by atoms with van der Waals surface area (Å²) in [6.45, 7) is 7.02. The molecule has 0 aromatic carbocycles. The first-order valence-electron chi connectivity index (χ1n) is 6.73. The molecule has 102 valence electrons. The third kappa shape index (κ3) is 3.17. The molecule has 0 aliphatic rings. The van der Waals surface area contributed by atoms with E-state index in [4.69, 9.17) is 5.73 Å². The van der Waals surface area contributed by atoms with Gasteiger partial charge < -0.3 is 5.73 Å². The van der Waals surface area contributed by atoms with Gasteiger partial charge in [-0.2, -0.15) is 5.10 Å². The van der Waals surface area contributed by atoms with E-state index in [2.05, 4.69) is 35.0 Å². The molecule has 0 saturated carbocycles. The van der Waals surface area contributed by atoms with Crippen LogP contribution in [0.25, 0.3) is 0 Å². The Morgan fingerprint density at radius 2 is 1.95 bits per heavy atom. The molecule has 1 atom stereocenters. The molecular formula is C14H21N5. The van der Waals surface area contributed by atoms with Gasteiger partial charge in [0.05, 0.1) is 11.7 Å². The van der Waals surface area contributed by atoms with Crippen LogP contribution in [-0.2, 0) is 19.4 Å². The molecule has 0 saturated heterocycles. The van der Waals surface area contributed by atoms with Gasteiger partial charge in [-0.1, -0.05) is 6.92 Å². The van der Waals surface area contributed by atoms with Gasteiger partial charge >= 0.3 is 0 Å². The molecule has 0 bridgehead atoms. The maximum atomic E-state index is 6.19. The van der Waals surface area contributed by atoms with Crippen molar-refractivity contribution in [2.24, 2.45) is 5.73 Å². The Kier molecular flexibility index (Phi) is 4.27. The summed E-state index contributed by atoms with van der Waals surface area (Å²) in [5, 5.41) is 4.53. The lowest BCUT2D eigenvalue weighted by Crippen LogP contribution is -2.18. The first-order chi connectivity index (χ1) is 9.13. The fraction of sp³-hybridized carbons (Fsp3) is 0.500. The van der Waals surface area contributed by atoms with Crippen molar-refractivity contribution in [3.05, 3.63) is 41.2 Å². The summed E-state index contributed by atoms with van der Waals surface area (Å²) in [6.07, 6.45) is 5.26. The van der Waals surface area contributed by atoms with Crippen LogP contribution in [0.3, 0.4) is 0 Å². The zero-order chi connectivity index (χ0) is 13.8. The largest absolute Gasteiger partial charge is 0.321 e. The van der Waals surface area contributed by atoms with E-state index >= 15 is 0 Å². The Hall–Kier alpha value is -1.75. The molecular weight excluding hydrogens is 238 g/mol. The summed E-state index contributed by atoms with van der Waals surface area (Å²) < 4.78 is 2.01. The topological polar surface area (TPSA) is 69.6 Å². The van der Waals surface area contributed by atoms with Gasteiger partial charge in [-0.3, -0.25) is 4.68 Å². The smallest absolute Gasteiger partial charge is 0.145 e. The Morgan fingerprint density at radius 3 is 2.53 bits per heavy atom. The van der Waals surface area contributed by atoms with Gasteiger partial charge in [-0.25, -0.2) is 9.97 Å². The number of nitrogens with zero attached hydrogens (tertiary/aromatic N) is 4. The van der Waals surface area contributed by atoms with Crippen molar-refractivity contribution >= 4 is 0 Å². The molecule has 19 heavy (non-hydrogen) atoms. The van der Waals surface area contributed by atoms with E-state index in [1.807, 2.05) is 11.6 Å². The van der Waals surface area contributed by atoms with Crippen molar-refractivity contribution < 1.29 is 0 Å². The van der Waals surface area contributed by atoms with E-state index < -0.39 is 0 Å². The highest BCUT2D eigenvalue weighted by Gasteiger charge is 2.14. The quantitative estimate of drug-likeness (QED) is 0.889. The predicted molar refractivity (Wildman–Crippen MR) is 74.7 cm³/mol. The van der Waals surface area contributed by atoms with Crippen LogP contribution in [0.4, 0.5) is 0 Å². The first kappa shape index (κ1) is 13.7. The SMILES string of the molecule is CCc1cc(CC(N)c2ncc(C)cn2)n(CC)n1. The number of aromatic nitrogens is 4. The third-order valence-electron chi connectivity index (χ3n) is 3.14. The molecule has 0 fully saturated rings. The van der Waals surface area contributed by atoms with Gasteiger partial charge in [0.25, 0.3) is 0 Å². The fourth-order valence-electron chi connectivity index (χ4n) is 2.04. The standard InChI is InChI=1S/C14H21N5/c1-4-11-6-12(19(5-2)18-11)7-13(15)14-16-8-10(3)9-17-14/h6,8-9,13H,4-5,7,15H2,1-3H3. The second-order valence-electron chi connectivity index (χ2n) is 4.73. The summed E-state index contributed by atoms with van der Waals surface area (Å²) in [5.41, 5.74) is 9.48. The van der Waals surface area contributed by atoms with Crippen molar-refractivity contribution in [3.8, 4) is 0 Å². The molecule has 0 radical (unpaired) electrons. The van der Waals surface area contributed by atoms with Crippen molar-refractivity contribution in [3.63, 3.8) is 0 Å². The number of rotatable bonds is 5. The first-order valence-corrected chi connectivity index (χ1v) is 6.73. The summed E-state index contributed by atoms with van der Waals surface area (Å²) in [6, 6.07) is 1.93. The minimum atomic E-state index is -0.188. The van der Waals surface area contributed by atoms with Gasteiger partial charge in [0.15, 0.2) is 0 Å². The van der Waals surface area contributed by atoms with Crippen molar-refractivity contribution in [1.29, 1.82) is 0 Å². The zero-order valence-electron chi connectivity index (χ0n) is 11.8. The van der Waals surface area contributed by atoms with Crippen LogP contribution >= 0.6 is 0 Å². The monoisotopic (exact) mass is 259 g/mol. The Labute approximate surface area is 113 Å². The summed E-state index contributed by atoms with van der Waals surface area (Å²) >= 11 is 0. The number of nitrogens with two attached hydrogens (primary N) is 1. The molecule has 0 amide bonds. The lowest BCUT2D eigenvalue weighted by Gasteiger charge is -2.11. The minimum absolute atomic E-state index is 0.188. The average molecular weight is 259 g/mol. The van der Waals surface area contributed by atoms with Crippen molar-refractivity contribution in [2.45, 2.75) is 46.2 Å². The minimum Gasteiger partial charge on any atom is -0.321 e. The molecule has 2 aromatic heterocycles. The fourth-order valence-corrected chi connectivity index (χ4v) is 2.04. The van der Waals surface area contributed by atoms with Crippen molar-refractivity contribution in [2.75, 3.05) is 0 Å². The maximum absolute atomic E-state index is 6.19. The van der Waals surface area contributed by atoms with Gasteiger partial charge in [0.1, 0.15) is 5.82 Å². The van der Waals surface area contributed by atoms with E-state index in [1.54, 1.807) is 12.4 Å². The predicted octanol–water partition coefficient (Wildman–Crippen LogP) is 1.81. The Balaban J connectivity index is 2.15. The van der Waals surface area contributed by atoms with Crippen LogP contribution in [0.5, 0.6) is 0 Å². The average Bonchev–Trinajstić information content (AvgIpc) is 2.81. The Morgan fingerprint density at radius 1 is 1.26 bits per heavy atom. The molecule has 1 unspecified atom stereocenters. The second kappa shape index (κ2) is 5.93. The number of hydrogen-bond acceptors (Lipinski definition) is 4. The summed E-state index contributed by atoms with van der Waals surface area (Å²) in [4.78, 5) is 8.58. The van der Waals surface area contributed by atoms with E-state index in [-0.39, 0.29) is 6.04 Å². The third-order valence-corrected chi connectivity index (χ3v) is 3.14. The van der Waals surface area contributed by atoms with Gasteiger partial charge in [0, 0.05) is 31.1 Å². The van der Waals surface area contributed by atoms with Crippen molar-refractivity contribution in [1.82, 2.24) is 19.7 Å². The molecule has 2 heterocycles. The molecule has 0 aliphatic heterocycles. The van der Waals surface area contributed by atoms with Gasteiger partial charge in [-0.15, -0.1) is 0 Å². The van der Waals surface area contributed by atoms with E-state index in [9.17, 15) is 0 Å². The summed E-state index contributed by atoms with van der Waals surface area (Å²) in [5.74, 6) is 0.688.